The van der Waals surface area contributed by atoms with Crippen LogP contribution in [-0.2, 0) is 19.6 Å². The van der Waals surface area contributed by atoms with Crippen LogP contribution in [0.4, 0.5) is 11.4 Å². The maximum Gasteiger partial charge on any atom is 0.265 e. The number of para-hydroxylation sites is 2. The molecule has 9 heteroatoms. The fourth-order valence-corrected chi connectivity index (χ4v) is 3.63. The first-order chi connectivity index (χ1) is 12.8. The second kappa shape index (κ2) is 7.37. The van der Waals surface area contributed by atoms with Gasteiger partial charge in [-0.15, -0.1) is 0 Å². The highest BCUT2D eigenvalue weighted by Gasteiger charge is 2.25. The molecule has 3 N–H and O–H groups in total. The Hall–Kier alpha value is -2.91. The summed E-state index contributed by atoms with van der Waals surface area (Å²) in [5, 5.41) is 7.81. The number of carbonyl (C=O) groups is 2. The summed E-state index contributed by atoms with van der Waals surface area (Å²) in [6.45, 7) is 1.72. The summed E-state index contributed by atoms with van der Waals surface area (Å²) in [4.78, 5) is 25.8. The maximum atomic E-state index is 12.3. The molecule has 0 fully saturated rings. The number of carbonyl (C=O) groups excluding carboxylic acids is 2. The van der Waals surface area contributed by atoms with Crippen molar-refractivity contribution in [2.45, 2.75) is 18.2 Å². The van der Waals surface area contributed by atoms with E-state index in [1.165, 1.54) is 11.0 Å². The Morgan fingerprint density at radius 3 is 2.74 bits per heavy atom. The number of amides is 2. The Labute approximate surface area is 157 Å². The fraction of sp³-hybridized carbons (Fsp3) is 0.222. The molecule has 0 aliphatic carbocycles. The first-order valence-electron chi connectivity index (χ1n) is 8.21. The smallest absolute Gasteiger partial charge is 0.265 e. The van der Waals surface area contributed by atoms with Crippen molar-refractivity contribution in [1.29, 1.82) is 0 Å². The number of benzene rings is 2. The molecule has 0 unspecified atom stereocenters. The number of fused-ring (bicyclic) bond motifs is 1. The lowest BCUT2D eigenvalue weighted by molar-refractivity contribution is -0.121. The normalized spacial score (nSPS) is 13.7. The second-order valence-electron chi connectivity index (χ2n) is 6.13. The van der Waals surface area contributed by atoms with Crippen molar-refractivity contribution in [3.8, 4) is 5.75 Å². The maximum absolute atomic E-state index is 12.3. The van der Waals surface area contributed by atoms with E-state index in [2.05, 4.69) is 5.32 Å². The average molecular weight is 389 g/mol. The number of primary sulfonamides is 1. The van der Waals surface area contributed by atoms with E-state index in [0.29, 0.717) is 22.7 Å². The molecule has 0 radical (unpaired) electrons. The van der Waals surface area contributed by atoms with Gasteiger partial charge in [0.1, 0.15) is 5.75 Å². The lowest BCUT2D eigenvalue weighted by atomic mass is 10.2. The molecule has 27 heavy (non-hydrogen) atoms. The van der Waals surface area contributed by atoms with E-state index >= 15 is 0 Å². The molecule has 142 valence electrons. The Bertz CT molecular complexity index is 1000. The topological polar surface area (TPSA) is 119 Å². The third-order valence-electron chi connectivity index (χ3n) is 4.15. The predicted molar refractivity (Wildman–Crippen MR) is 100 cm³/mol. The number of sulfonamides is 1. The zero-order valence-electron chi connectivity index (χ0n) is 14.6. The van der Waals surface area contributed by atoms with Crippen molar-refractivity contribution < 1.29 is 22.7 Å². The molecule has 3 rings (SSSR count). The number of hydrogen-bond donors (Lipinski definition) is 2. The molecular formula is C18H19N3O5S. The molecule has 1 aliphatic heterocycles. The quantitative estimate of drug-likeness (QED) is 0.801. The molecule has 0 saturated carbocycles. The van der Waals surface area contributed by atoms with Gasteiger partial charge in [-0.25, -0.2) is 13.6 Å². The van der Waals surface area contributed by atoms with Gasteiger partial charge in [0, 0.05) is 18.7 Å². The lowest BCUT2D eigenvalue weighted by Gasteiger charge is -2.29. The minimum absolute atomic E-state index is 0.0403. The number of rotatable bonds is 5. The summed E-state index contributed by atoms with van der Waals surface area (Å²) < 4.78 is 28.5. The van der Waals surface area contributed by atoms with Gasteiger partial charge in [0.05, 0.1) is 10.6 Å². The standard InChI is InChI=1S/C18H19N3O5S/c1-12-6-7-13(10-16(12)27(19,24)25)20-17(22)8-9-21-14-4-2-3-5-15(14)26-11-18(21)23/h2-7,10H,8-9,11H2,1H3,(H,20,22)(H2,19,24,25). The summed E-state index contributed by atoms with van der Waals surface area (Å²) in [5.74, 6) is 0.0122. The van der Waals surface area contributed by atoms with Crippen LogP contribution < -0.4 is 20.1 Å². The van der Waals surface area contributed by atoms with Gasteiger partial charge in [0.25, 0.3) is 5.91 Å². The van der Waals surface area contributed by atoms with Crippen LogP contribution in [0.25, 0.3) is 0 Å². The first kappa shape index (κ1) is 18.9. The van der Waals surface area contributed by atoms with Gasteiger partial charge >= 0.3 is 0 Å². The summed E-state index contributed by atoms with van der Waals surface area (Å²) in [7, 11) is -3.88. The van der Waals surface area contributed by atoms with Crippen molar-refractivity contribution >= 4 is 33.2 Å². The van der Waals surface area contributed by atoms with Crippen LogP contribution in [0, 0.1) is 6.92 Å². The van der Waals surface area contributed by atoms with Crippen molar-refractivity contribution in [3.63, 3.8) is 0 Å². The van der Waals surface area contributed by atoms with Gasteiger partial charge in [-0.3, -0.25) is 9.59 Å². The highest BCUT2D eigenvalue weighted by Crippen LogP contribution is 2.31. The van der Waals surface area contributed by atoms with E-state index in [1.54, 1.807) is 43.3 Å². The molecule has 1 heterocycles. The van der Waals surface area contributed by atoms with Crippen LogP contribution in [0.1, 0.15) is 12.0 Å². The summed E-state index contributed by atoms with van der Waals surface area (Å²) in [5.41, 5.74) is 1.43. The van der Waals surface area contributed by atoms with E-state index < -0.39 is 10.0 Å². The number of hydrogen-bond acceptors (Lipinski definition) is 5. The molecule has 0 spiro atoms. The molecule has 2 aromatic carbocycles. The molecule has 2 amide bonds. The van der Waals surface area contributed by atoms with Gasteiger partial charge in [-0.2, -0.15) is 0 Å². The number of nitrogens with one attached hydrogen (secondary N) is 1. The third-order valence-corrected chi connectivity index (χ3v) is 5.20. The number of nitrogens with two attached hydrogens (primary N) is 1. The van der Waals surface area contributed by atoms with Crippen LogP contribution in [0.3, 0.4) is 0 Å². The van der Waals surface area contributed by atoms with E-state index in [0.717, 1.165) is 0 Å². The van der Waals surface area contributed by atoms with Crippen molar-refractivity contribution in [1.82, 2.24) is 0 Å². The first-order valence-corrected chi connectivity index (χ1v) is 9.76. The van der Waals surface area contributed by atoms with E-state index in [4.69, 9.17) is 9.88 Å². The third kappa shape index (κ3) is 4.26. The van der Waals surface area contributed by atoms with Crippen molar-refractivity contribution in [2.24, 2.45) is 5.14 Å². The van der Waals surface area contributed by atoms with Crippen LogP contribution in [-0.4, -0.2) is 33.4 Å². The van der Waals surface area contributed by atoms with Crippen molar-refractivity contribution in [2.75, 3.05) is 23.4 Å². The van der Waals surface area contributed by atoms with Gasteiger partial charge in [0.15, 0.2) is 6.61 Å². The molecule has 8 nitrogen and oxygen atoms in total. The van der Waals surface area contributed by atoms with Crippen LogP contribution in [0.2, 0.25) is 0 Å². The number of nitrogens with zero attached hydrogens (tertiary/aromatic N) is 1. The fourth-order valence-electron chi connectivity index (χ4n) is 2.82. The van der Waals surface area contributed by atoms with Crippen molar-refractivity contribution in [3.05, 3.63) is 48.0 Å². The Balaban J connectivity index is 1.68. The van der Waals surface area contributed by atoms with E-state index in [9.17, 15) is 18.0 Å². The average Bonchev–Trinajstić information content (AvgIpc) is 2.61. The van der Waals surface area contributed by atoms with Gasteiger partial charge < -0.3 is 15.0 Å². The lowest BCUT2D eigenvalue weighted by Crippen LogP contribution is -2.40. The number of ether oxygens (including phenoxy) is 1. The molecule has 0 saturated heterocycles. The van der Waals surface area contributed by atoms with Crippen LogP contribution >= 0.6 is 0 Å². The van der Waals surface area contributed by atoms with Gasteiger partial charge in [0.2, 0.25) is 15.9 Å². The van der Waals surface area contributed by atoms with Crippen LogP contribution in [0.5, 0.6) is 5.75 Å². The zero-order valence-corrected chi connectivity index (χ0v) is 15.5. The largest absolute Gasteiger partial charge is 0.482 e. The summed E-state index contributed by atoms with van der Waals surface area (Å²) >= 11 is 0. The molecule has 0 atom stereocenters. The monoisotopic (exact) mass is 389 g/mol. The van der Waals surface area contributed by atoms with E-state index in [1.807, 2.05) is 0 Å². The number of aryl methyl sites for hydroxylation is 1. The molecule has 0 bridgehead atoms. The zero-order chi connectivity index (χ0) is 19.6. The molecular weight excluding hydrogens is 370 g/mol. The highest BCUT2D eigenvalue weighted by atomic mass is 32.2. The minimum atomic E-state index is -3.88. The predicted octanol–water partition coefficient (Wildman–Crippen LogP) is 1.40. The Kier molecular flexibility index (Phi) is 5.15. The SMILES string of the molecule is Cc1ccc(NC(=O)CCN2C(=O)COc3ccccc32)cc1S(N)(=O)=O. The number of anilines is 2. The summed E-state index contributed by atoms with van der Waals surface area (Å²) in [6.07, 6.45) is 0.0403. The Morgan fingerprint density at radius 1 is 1.26 bits per heavy atom. The highest BCUT2D eigenvalue weighted by molar-refractivity contribution is 7.89. The molecule has 2 aromatic rings. The summed E-state index contributed by atoms with van der Waals surface area (Å²) in [6, 6.07) is 11.6. The Morgan fingerprint density at radius 2 is 2.00 bits per heavy atom. The van der Waals surface area contributed by atoms with Gasteiger partial charge in [-0.05, 0) is 36.8 Å². The van der Waals surface area contributed by atoms with Gasteiger partial charge in [-0.1, -0.05) is 18.2 Å². The molecule has 0 aromatic heterocycles. The molecule has 1 aliphatic rings. The van der Waals surface area contributed by atoms with E-state index in [-0.39, 0.29) is 36.3 Å². The van der Waals surface area contributed by atoms with Crippen LogP contribution in [0.15, 0.2) is 47.4 Å². The second-order valence-corrected chi connectivity index (χ2v) is 7.66. The minimum Gasteiger partial charge on any atom is -0.482 e.